The van der Waals surface area contributed by atoms with Crippen LogP contribution in [0.4, 0.5) is 5.69 Å². The summed E-state index contributed by atoms with van der Waals surface area (Å²) in [5, 5.41) is 6.82. The van der Waals surface area contributed by atoms with Crippen LogP contribution >= 0.6 is 0 Å². The Hall–Kier alpha value is -2.47. The Morgan fingerprint density at radius 1 is 1.26 bits per heavy atom. The molecule has 1 aromatic heterocycles. The van der Waals surface area contributed by atoms with Crippen molar-refractivity contribution >= 4 is 28.4 Å². The third kappa shape index (κ3) is 3.95. The Morgan fingerprint density at radius 3 is 2.89 bits per heavy atom. The minimum atomic E-state index is -0.0745. The van der Waals surface area contributed by atoms with Crippen molar-refractivity contribution in [3.8, 4) is 0 Å². The molecular weight excluding hydrogens is 340 g/mol. The van der Waals surface area contributed by atoms with Crippen molar-refractivity contribution in [3.63, 3.8) is 0 Å². The highest BCUT2D eigenvalue weighted by atomic mass is 16.2. The lowest BCUT2D eigenvalue weighted by molar-refractivity contribution is -0.124. The molecule has 1 aliphatic heterocycles. The topological polar surface area (TPSA) is 74.3 Å². The van der Waals surface area contributed by atoms with Gasteiger partial charge in [0.25, 0.3) is 0 Å². The maximum atomic E-state index is 11.6. The zero-order valence-electron chi connectivity index (χ0n) is 15.9. The molecule has 2 amide bonds. The third-order valence-electron chi connectivity index (χ3n) is 5.93. The molecule has 4 rings (SSSR count). The van der Waals surface area contributed by atoms with Crippen LogP contribution in [0.2, 0.25) is 0 Å². The lowest BCUT2D eigenvalue weighted by Crippen LogP contribution is -2.38. The first-order valence-electron chi connectivity index (χ1n) is 9.62. The number of anilines is 1. The molecule has 0 spiro atoms. The van der Waals surface area contributed by atoms with Gasteiger partial charge in [-0.25, -0.2) is 0 Å². The van der Waals surface area contributed by atoms with Crippen LogP contribution in [0.3, 0.4) is 0 Å². The number of fused-ring (bicyclic) bond motifs is 2. The molecule has 2 heterocycles. The number of hydrogen-bond acceptors (Lipinski definition) is 4. The molecule has 6 heteroatoms. The predicted molar refractivity (Wildman–Crippen MR) is 105 cm³/mol. The predicted octanol–water partition coefficient (Wildman–Crippen LogP) is 2.54. The van der Waals surface area contributed by atoms with E-state index in [-0.39, 0.29) is 11.8 Å². The average Bonchev–Trinajstić information content (AvgIpc) is 3.04. The molecule has 0 unspecified atom stereocenters. The number of pyridine rings is 1. The summed E-state index contributed by atoms with van der Waals surface area (Å²) in [4.78, 5) is 30.0. The van der Waals surface area contributed by atoms with Gasteiger partial charge in [0.1, 0.15) is 0 Å². The molecule has 2 aromatic rings. The molecule has 1 aromatic carbocycles. The van der Waals surface area contributed by atoms with E-state index in [0.29, 0.717) is 24.3 Å². The number of hydrogen-bond donors (Lipinski definition) is 2. The first kappa shape index (κ1) is 17.9. The molecule has 1 aliphatic carbocycles. The minimum Gasteiger partial charge on any atom is -0.356 e. The second kappa shape index (κ2) is 7.27. The molecule has 27 heavy (non-hydrogen) atoms. The summed E-state index contributed by atoms with van der Waals surface area (Å²) in [5.41, 5.74) is 2.77. The Kier molecular flexibility index (Phi) is 4.83. The number of nitrogens with one attached hydrogen (secondary N) is 2. The number of aromatic nitrogens is 1. The van der Waals surface area contributed by atoms with Crippen LogP contribution in [-0.4, -0.2) is 41.3 Å². The summed E-state index contributed by atoms with van der Waals surface area (Å²) in [5.74, 6) is 1.28. The normalized spacial score (nSPS) is 24.7. The smallest absolute Gasteiger partial charge is 0.221 e. The van der Waals surface area contributed by atoms with E-state index < -0.39 is 0 Å². The van der Waals surface area contributed by atoms with Gasteiger partial charge in [-0.05, 0) is 56.0 Å². The van der Waals surface area contributed by atoms with Crippen LogP contribution in [-0.2, 0) is 16.1 Å². The van der Waals surface area contributed by atoms with E-state index in [1.165, 1.54) is 6.92 Å². The number of amides is 2. The molecule has 0 radical (unpaired) electrons. The monoisotopic (exact) mass is 366 g/mol. The average molecular weight is 366 g/mol. The number of nitrogens with zero attached hydrogens (tertiary/aromatic N) is 2. The number of benzene rings is 1. The van der Waals surface area contributed by atoms with Crippen molar-refractivity contribution < 1.29 is 9.59 Å². The van der Waals surface area contributed by atoms with Gasteiger partial charge in [0.15, 0.2) is 0 Å². The van der Waals surface area contributed by atoms with Crippen molar-refractivity contribution in [2.75, 3.05) is 18.9 Å². The maximum Gasteiger partial charge on any atom is 0.221 e. The van der Waals surface area contributed by atoms with Gasteiger partial charge >= 0.3 is 0 Å². The molecule has 1 saturated carbocycles. The molecule has 2 N–H and O–H groups in total. The lowest BCUT2D eigenvalue weighted by Gasteiger charge is -2.24. The van der Waals surface area contributed by atoms with Gasteiger partial charge in [-0.3, -0.25) is 19.5 Å². The number of carbonyl (C=O) groups excluding carboxylic acids is 2. The van der Waals surface area contributed by atoms with Crippen LogP contribution in [0.25, 0.3) is 10.9 Å². The van der Waals surface area contributed by atoms with Crippen LogP contribution in [0, 0.1) is 11.8 Å². The molecule has 3 atom stereocenters. The Balaban J connectivity index is 1.43. The van der Waals surface area contributed by atoms with Gasteiger partial charge in [-0.15, -0.1) is 0 Å². The highest BCUT2D eigenvalue weighted by molar-refractivity contribution is 5.92. The van der Waals surface area contributed by atoms with E-state index >= 15 is 0 Å². The largest absolute Gasteiger partial charge is 0.356 e. The number of rotatable bonds is 4. The van der Waals surface area contributed by atoms with Gasteiger partial charge < -0.3 is 10.6 Å². The third-order valence-corrected chi connectivity index (χ3v) is 5.93. The molecule has 0 bridgehead atoms. The zero-order valence-corrected chi connectivity index (χ0v) is 15.9. The van der Waals surface area contributed by atoms with Gasteiger partial charge in [-0.2, -0.15) is 0 Å². The lowest BCUT2D eigenvalue weighted by atomic mass is 9.89. The van der Waals surface area contributed by atoms with Crippen LogP contribution in [0.5, 0.6) is 0 Å². The second-order valence-electron chi connectivity index (χ2n) is 7.96. The maximum absolute atomic E-state index is 11.6. The van der Waals surface area contributed by atoms with E-state index in [1.807, 2.05) is 18.2 Å². The van der Waals surface area contributed by atoms with E-state index in [2.05, 4.69) is 34.7 Å². The first-order valence-corrected chi connectivity index (χ1v) is 9.62. The summed E-state index contributed by atoms with van der Waals surface area (Å²) in [6, 6.07) is 10.4. The molecule has 142 valence electrons. The van der Waals surface area contributed by atoms with E-state index in [0.717, 1.165) is 48.2 Å². The summed E-state index contributed by atoms with van der Waals surface area (Å²) in [6.07, 6.45) is 2.93. The van der Waals surface area contributed by atoms with Crippen molar-refractivity contribution in [2.45, 2.75) is 38.8 Å². The van der Waals surface area contributed by atoms with Crippen LogP contribution in [0.15, 0.2) is 30.3 Å². The fourth-order valence-electron chi connectivity index (χ4n) is 4.52. The van der Waals surface area contributed by atoms with E-state index in [9.17, 15) is 9.59 Å². The summed E-state index contributed by atoms with van der Waals surface area (Å²) >= 11 is 0. The van der Waals surface area contributed by atoms with Crippen molar-refractivity contribution in [2.24, 2.45) is 11.8 Å². The molecule has 2 aliphatic rings. The summed E-state index contributed by atoms with van der Waals surface area (Å²) in [7, 11) is 2.16. The van der Waals surface area contributed by atoms with Crippen LogP contribution in [0.1, 0.15) is 31.9 Å². The highest BCUT2D eigenvalue weighted by Crippen LogP contribution is 2.38. The SMILES string of the molecule is CC(=O)Nc1ccc2nc(CN(C)[C@H]3C[C@H]4CC(=O)NC[C@H]4C3)ccc2c1. The van der Waals surface area contributed by atoms with E-state index in [4.69, 9.17) is 4.98 Å². The number of carbonyl (C=O) groups is 2. The molecule has 6 nitrogen and oxygen atoms in total. The van der Waals surface area contributed by atoms with Crippen molar-refractivity contribution in [3.05, 3.63) is 36.0 Å². The fraction of sp³-hybridized carbons (Fsp3) is 0.476. The first-order chi connectivity index (χ1) is 13.0. The molecular formula is C21H26N4O2. The highest BCUT2D eigenvalue weighted by Gasteiger charge is 2.39. The van der Waals surface area contributed by atoms with Gasteiger partial charge in [-0.1, -0.05) is 6.07 Å². The molecule has 1 saturated heterocycles. The Bertz CT molecular complexity index is 882. The van der Waals surface area contributed by atoms with Gasteiger partial charge in [0.2, 0.25) is 11.8 Å². The van der Waals surface area contributed by atoms with Crippen molar-refractivity contribution in [1.82, 2.24) is 15.2 Å². The standard InChI is InChI=1S/C21H26N4O2/c1-13(26)23-17-5-6-20-14(7-17)3-4-18(24-20)12-25(2)19-8-15-10-21(27)22-11-16(15)9-19/h3-7,15-16,19H,8-12H2,1-2H3,(H,22,27)(H,23,26)/t15-,16+,19-/m0/s1. The van der Waals surface area contributed by atoms with Gasteiger partial charge in [0.05, 0.1) is 11.2 Å². The second-order valence-corrected chi connectivity index (χ2v) is 7.96. The zero-order chi connectivity index (χ0) is 19.0. The minimum absolute atomic E-state index is 0.0745. The fourth-order valence-corrected chi connectivity index (χ4v) is 4.52. The van der Waals surface area contributed by atoms with Gasteiger partial charge in [0, 0.05) is 43.5 Å². The summed E-state index contributed by atoms with van der Waals surface area (Å²) in [6.45, 7) is 3.14. The quantitative estimate of drug-likeness (QED) is 0.872. The molecule has 2 fully saturated rings. The van der Waals surface area contributed by atoms with Crippen molar-refractivity contribution in [1.29, 1.82) is 0 Å². The van der Waals surface area contributed by atoms with E-state index in [1.54, 1.807) is 0 Å². The Morgan fingerprint density at radius 2 is 2.07 bits per heavy atom. The Labute approximate surface area is 159 Å². The van der Waals surface area contributed by atoms with Crippen LogP contribution < -0.4 is 10.6 Å². The summed E-state index contributed by atoms with van der Waals surface area (Å²) < 4.78 is 0. The number of piperidine rings is 1.